The first-order valence-electron chi connectivity index (χ1n) is 5.68. The molecular formula is C6H18O12P4. The van der Waals surface area contributed by atoms with Gasteiger partial charge in [0.25, 0.3) is 0 Å². The first kappa shape index (κ1) is 22.6. The number of unbranched alkanes of at least 4 members (excludes halogenated alkanes) is 1. The van der Waals surface area contributed by atoms with Crippen LogP contribution in [0.5, 0.6) is 0 Å². The highest BCUT2D eigenvalue weighted by atomic mass is 31.2. The minimum atomic E-state index is -5.10. The topological polar surface area (TPSA) is 230 Å². The third-order valence-electron chi connectivity index (χ3n) is 2.73. The standard InChI is InChI=1S/C6H18O12P4/c7-19(8,9)5(20(10,11)12)3-1-2-4-6(21(13,14)15)22(16,17)18/h5-6H,1-4H2,(H2,7,8,9)(H2,10,11,12)(H2,13,14,15)(H2,16,17,18). The maximum Gasteiger partial charge on any atom is 0.340 e. The first-order valence-corrected chi connectivity index (χ1v) is 12.4. The molecule has 0 radical (unpaired) electrons. The van der Waals surface area contributed by atoms with Crippen molar-refractivity contribution in [2.24, 2.45) is 0 Å². The van der Waals surface area contributed by atoms with Crippen LogP contribution >= 0.6 is 30.4 Å². The van der Waals surface area contributed by atoms with Gasteiger partial charge in [-0.05, 0) is 12.8 Å². The van der Waals surface area contributed by atoms with Crippen LogP contribution in [0.4, 0.5) is 0 Å². The lowest BCUT2D eigenvalue weighted by molar-refractivity contribution is 0.325. The Morgan fingerprint density at radius 1 is 0.500 bits per heavy atom. The minimum Gasteiger partial charge on any atom is -0.324 e. The molecule has 0 atom stereocenters. The van der Waals surface area contributed by atoms with Gasteiger partial charge in [0.15, 0.2) is 10.8 Å². The van der Waals surface area contributed by atoms with E-state index >= 15 is 0 Å². The summed E-state index contributed by atoms with van der Waals surface area (Å²) >= 11 is 0. The smallest absolute Gasteiger partial charge is 0.324 e. The second kappa shape index (κ2) is 7.66. The molecule has 22 heavy (non-hydrogen) atoms. The lowest BCUT2D eigenvalue weighted by Crippen LogP contribution is -2.11. The highest BCUT2D eigenvalue weighted by Gasteiger charge is 2.44. The van der Waals surface area contributed by atoms with Crippen LogP contribution in [0.2, 0.25) is 0 Å². The van der Waals surface area contributed by atoms with E-state index in [-0.39, 0.29) is 12.8 Å². The largest absolute Gasteiger partial charge is 0.340 e. The Hall–Kier alpha value is 0.600. The molecule has 0 aromatic heterocycles. The van der Waals surface area contributed by atoms with Crippen molar-refractivity contribution < 1.29 is 57.4 Å². The summed E-state index contributed by atoms with van der Waals surface area (Å²) in [4.78, 5) is 70.8. The van der Waals surface area contributed by atoms with E-state index in [1.165, 1.54) is 0 Å². The molecule has 8 N–H and O–H groups in total. The fraction of sp³-hybridized carbons (Fsp3) is 1.00. The number of hydrogen-bond donors (Lipinski definition) is 8. The molecule has 0 saturated carbocycles. The predicted molar refractivity (Wildman–Crippen MR) is 74.2 cm³/mol. The predicted octanol–water partition coefficient (Wildman–Crippen LogP) is -0.0902. The van der Waals surface area contributed by atoms with Crippen molar-refractivity contribution in [3.05, 3.63) is 0 Å². The highest BCUT2D eigenvalue weighted by Crippen LogP contribution is 2.63. The molecule has 0 rings (SSSR count). The third kappa shape index (κ3) is 7.93. The Kier molecular flexibility index (Phi) is 7.87. The van der Waals surface area contributed by atoms with E-state index in [0.717, 1.165) is 0 Å². The van der Waals surface area contributed by atoms with Crippen molar-refractivity contribution in [3.8, 4) is 0 Å². The quantitative estimate of drug-likeness (QED) is 0.185. The molecule has 0 bridgehead atoms. The van der Waals surface area contributed by atoms with Gasteiger partial charge in [0.05, 0.1) is 0 Å². The van der Waals surface area contributed by atoms with Crippen LogP contribution in [0.25, 0.3) is 0 Å². The summed E-state index contributed by atoms with van der Waals surface area (Å²) in [5.74, 6) is 0. The molecule has 16 heteroatoms. The zero-order valence-corrected chi connectivity index (χ0v) is 14.6. The van der Waals surface area contributed by atoms with Crippen molar-refractivity contribution >= 4 is 30.4 Å². The Bertz CT molecular complexity index is 454. The van der Waals surface area contributed by atoms with Gasteiger partial charge in [0.1, 0.15) is 0 Å². The molecule has 0 aromatic carbocycles. The second-order valence-electron chi connectivity index (χ2n) is 4.60. The fourth-order valence-electron chi connectivity index (χ4n) is 1.72. The van der Waals surface area contributed by atoms with E-state index in [4.69, 9.17) is 39.1 Å². The summed E-state index contributed by atoms with van der Waals surface area (Å²) in [5.41, 5.74) is 0. The Morgan fingerprint density at radius 2 is 0.682 bits per heavy atom. The average molecular weight is 406 g/mol. The molecule has 0 aliphatic heterocycles. The SMILES string of the molecule is O=P(O)(O)C(CCCCC(P(=O)(O)O)P(=O)(O)O)P(=O)(O)O. The summed E-state index contributed by atoms with van der Waals surface area (Å²) < 4.78 is 43.9. The minimum absolute atomic E-state index is 0.294. The van der Waals surface area contributed by atoms with Gasteiger partial charge in [-0.25, -0.2) is 0 Å². The molecule has 0 spiro atoms. The van der Waals surface area contributed by atoms with Gasteiger partial charge in [-0.15, -0.1) is 0 Å². The van der Waals surface area contributed by atoms with E-state index in [2.05, 4.69) is 0 Å². The first-order chi connectivity index (χ1) is 9.47. The van der Waals surface area contributed by atoms with Crippen LogP contribution in [0, 0.1) is 0 Å². The Balaban J connectivity index is 4.77. The van der Waals surface area contributed by atoms with Crippen molar-refractivity contribution in [1.29, 1.82) is 0 Å². The molecule has 0 unspecified atom stereocenters. The molecule has 0 heterocycles. The maximum absolute atomic E-state index is 11.0. The van der Waals surface area contributed by atoms with Crippen LogP contribution in [-0.2, 0) is 18.3 Å². The maximum atomic E-state index is 11.0. The third-order valence-corrected chi connectivity index (χ3v) is 10.5. The monoisotopic (exact) mass is 406 g/mol. The van der Waals surface area contributed by atoms with Gasteiger partial charge in [0.2, 0.25) is 0 Å². The van der Waals surface area contributed by atoms with Gasteiger partial charge in [-0.2, -0.15) is 0 Å². The molecule has 0 aromatic rings. The van der Waals surface area contributed by atoms with E-state index in [9.17, 15) is 18.3 Å². The van der Waals surface area contributed by atoms with Crippen LogP contribution in [-0.4, -0.2) is 49.9 Å². The van der Waals surface area contributed by atoms with Gasteiger partial charge in [-0.1, -0.05) is 12.8 Å². The van der Waals surface area contributed by atoms with Crippen molar-refractivity contribution in [1.82, 2.24) is 0 Å². The van der Waals surface area contributed by atoms with E-state index < -0.39 is 54.0 Å². The zero-order valence-electron chi connectivity index (χ0n) is 11.0. The van der Waals surface area contributed by atoms with Crippen molar-refractivity contribution in [2.45, 2.75) is 36.5 Å². The Labute approximate surface area is 125 Å². The van der Waals surface area contributed by atoms with Crippen LogP contribution in [0.1, 0.15) is 25.7 Å². The van der Waals surface area contributed by atoms with Gasteiger partial charge in [0, 0.05) is 0 Å². The molecule has 0 aliphatic carbocycles. The fourth-order valence-corrected chi connectivity index (χ4v) is 6.93. The number of hydrogen-bond acceptors (Lipinski definition) is 4. The van der Waals surface area contributed by atoms with Crippen LogP contribution in [0.15, 0.2) is 0 Å². The van der Waals surface area contributed by atoms with Crippen LogP contribution < -0.4 is 0 Å². The highest BCUT2D eigenvalue weighted by molar-refractivity contribution is 7.71. The van der Waals surface area contributed by atoms with E-state index in [0.29, 0.717) is 0 Å². The zero-order chi connectivity index (χ0) is 18.0. The molecule has 134 valence electrons. The lowest BCUT2D eigenvalue weighted by Gasteiger charge is -2.21. The summed E-state index contributed by atoms with van der Waals surface area (Å²) in [6.45, 7) is 0. The molecule has 0 fully saturated rings. The second-order valence-corrected chi connectivity index (χ2v) is 12.6. The average Bonchev–Trinajstić information content (AvgIpc) is 2.14. The van der Waals surface area contributed by atoms with Crippen molar-refractivity contribution in [2.75, 3.05) is 0 Å². The van der Waals surface area contributed by atoms with E-state index in [1.807, 2.05) is 0 Å². The molecular weight excluding hydrogens is 388 g/mol. The molecule has 0 aliphatic rings. The summed E-state index contributed by atoms with van der Waals surface area (Å²) in [5, 5.41) is -4.52. The number of rotatable bonds is 9. The molecule has 0 saturated heterocycles. The van der Waals surface area contributed by atoms with Gasteiger partial charge in [-0.3, -0.25) is 18.3 Å². The summed E-state index contributed by atoms with van der Waals surface area (Å²) in [6, 6.07) is 0. The summed E-state index contributed by atoms with van der Waals surface area (Å²) in [7, 11) is -20.4. The lowest BCUT2D eigenvalue weighted by atomic mass is 10.2. The van der Waals surface area contributed by atoms with Crippen molar-refractivity contribution in [3.63, 3.8) is 0 Å². The normalized spacial score (nSPS) is 14.8. The molecule has 0 amide bonds. The Morgan fingerprint density at radius 3 is 0.818 bits per heavy atom. The van der Waals surface area contributed by atoms with Gasteiger partial charge < -0.3 is 39.1 Å². The van der Waals surface area contributed by atoms with E-state index in [1.54, 1.807) is 0 Å². The molecule has 12 nitrogen and oxygen atoms in total. The summed E-state index contributed by atoms with van der Waals surface area (Å²) in [6.07, 6.45) is -1.91. The van der Waals surface area contributed by atoms with Gasteiger partial charge >= 0.3 is 30.4 Å². The van der Waals surface area contributed by atoms with Crippen LogP contribution in [0.3, 0.4) is 0 Å².